The second-order valence-electron chi connectivity index (χ2n) is 7.08. The molecule has 1 N–H and O–H groups in total. The van der Waals surface area contributed by atoms with Gasteiger partial charge in [0.15, 0.2) is 0 Å². The van der Waals surface area contributed by atoms with Crippen LogP contribution in [0.15, 0.2) is 78.7 Å². The molecule has 0 fully saturated rings. The van der Waals surface area contributed by atoms with Crippen LogP contribution in [0.4, 0.5) is 0 Å². The predicted octanol–water partition coefficient (Wildman–Crippen LogP) is 6.85. The Hall–Kier alpha value is -2.61. The van der Waals surface area contributed by atoms with Crippen LogP contribution in [0, 0.1) is 0 Å². The molecule has 2 nitrogen and oxygen atoms in total. The van der Waals surface area contributed by atoms with Crippen LogP contribution in [-0.4, -0.2) is 11.5 Å². The first-order valence-electron chi connectivity index (χ1n) is 11.0. The molecule has 0 spiro atoms. The standard InChI is InChI=1S/C25H30N2.C2H6/c1-5-16-25(19(4)26-18-15-20-12-10-11-17-27-20)23(7-3)21(6-2)22-13-8-9-14-24(22)25;1-2/h6-14,17,26H,4-5,15-16,18H2,1-3H3;1-2H3/b21-6-,23-7+;. The maximum Gasteiger partial charge on any atom is 0.0600 e. The highest BCUT2D eigenvalue weighted by atomic mass is 14.9. The molecule has 1 aliphatic rings. The molecule has 154 valence electrons. The monoisotopic (exact) mass is 388 g/mol. The molecule has 3 rings (SSSR count). The van der Waals surface area contributed by atoms with Gasteiger partial charge in [-0.3, -0.25) is 4.98 Å². The Morgan fingerprint density at radius 3 is 2.41 bits per heavy atom. The zero-order valence-electron chi connectivity index (χ0n) is 18.8. The van der Waals surface area contributed by atoms with E-state index in [1.165, 1.54) is 22.3 Å². The topological polar surface area (TPSA) is 24.9 Å². The second-order valence-corrected chi connectivity index (χ2v) is 7.08. The van der Waals surface area contributed by atoms with Crippen LogP contribution in [0.25, 0.3) is 5.57 Å². The van der Waals surface area contributed by atoms with Crippen LogP contribution in [0.3, 0.4) is 0 Å². The summed E-state index contributed by atoms with van der Waals surface area (Å²) in [5.41, 5.74) is 7.48. The fraction of sp³-hybridized carbons (Fsp3) is 0.370. The summed E-state index contributed by atoms with van der Waals surface area (Å²) >= 11 is 0. The number of hydrogen-bond donors (Lipinski definition) is 1. The van der Waals surface area contributed by atoms with Crippen molar-refractivity contribution in [3.05, 3.63) is 95.5 Å². The molecule has 1 unspecified atom stereocenters. The Balaban J connectivity index is 0.00000145. The molecule has 2 heteroatoms. The van der Waals surface area contributed by atoms with Crippen molar-refractivity contribution >= 4 is 5.57 Å². The van der Waals surface area contributed by atoms with Crippen molar-refractivity contribution in [3.63, 3.8) is 0 Å². The molecular formula is C27H36N2. The zero-order valence-corrected chi connectivity index (χ0v) is 18.8. The van der Waals surface area contributed by atoms with Gasteiger partial charge in [0.2, 0.25) is 0 Å². The lowest BCUT2D eigenvalue weighted by Gasteiger charge is -2.35. The molecule has 1 aliphatic carbocycles. The smallest absolute Gasteiger partial charge is 0.0600 e. The number of rotatable bonds is 7. The number of allylic oxidation sites excluding steroid dienone is 4. The van der Waals surface area contributed by atoms with Gasteiger partial charge in [-0.25, -0.2) is 0 Å². The van der Waals surface area contributed by atoms with Gasteiger partial charge in [-0.05, 0) is 54.7 Å². The largest absolute Gasteiger partial charge is 0.387 e. The number of benzene rings is 1. The summed E-state index contributed by atoms with van der Waals surface area (Å²) in [4.78, 5) is 4.43. The lowest BCUT2D eigenvalue weighted by Crippen LogP contribution is -2.36. The molecular weight excluding hydrogens is 352 g/mol. The van der Waals surface area contributed by atoms with E-state index in [1.807, 2.05) is 32.2 Å². The van der Waals surface area contributed by atoms with E-state index < -0.39 is 0 Å². The molecule has 0 saturated heterocycles. The molecule has 0 radical (unpaired) electrons. The molecule has 1 aromatic carbocycles. The van der Waals surface area contributed by atoms with E-state index in [-0.39, 0.29) is 5.41 Å². The van der Waals surface area contributed by atoms with Crippen molar-refractivity contribution < 1.29 is 0 Å². The third-order valence-electron chi connectivity index (χ3n) is 5.59. The number of nitrogens with zero attached hydrogens (tertiary/aromatic N) is 1. The van der Waals surface area contributed by atoms with Gasteiger partial charge in [0, 0.05) is 30.6 Å². The number of fused-ring (bicyclic) bond motifs is 1. The average Bonchev–Trinajstić information content (AvgIpc) is 3.06. The second kappa shape index (κ2) is 10.8. The van der Waals surface area contributed by atoms with Crippen LogP contribution >= 0.6 is 0 Å². The van der Waals surface area contributed by atoms with Crippen LogP contribution in [-0.2, 0) is 11.8 Å². The van der Waals surface area contributed by atoms with Crippen molar-refractivity contribution in [1.82, 2.24) is 10.3 Å². The van der Waals surface area contributed by atoms with E-state index >= 15 is 0 Å². The first-order chi connectivity index (χ1) is 14.2. The molecule has 1 heterocycles. The van der Waals surface area contributed by atoms with Crippen LogP contribution in [0.5, 0.6) is 0 Å². The molecule has 0 bridgehead atoms. The molecule has 0 saturated carbocycles. The minimum atomic E-state index is -0.161. The van der Waals surface area contributed by atoms with Crippen LogP contribution in [0.1, 0.15) is 64.3 Å². The lowest BCUT2D eigenvalue weighted by atomic mass is 9.72. The van der Waals surface area contributed by atoms with E-state index in [9.17, 15) is 0 Å². The Labute approximate surface area is 177 Å². The number of aromatic nitrogens is 1. The molecule has 1 aromatic heterocycles. The van der Waals surface area contributed by atoms with E-state index in [0.29, 0.717) is 0 Å². The van der Waals surface area contributed by atoms with Gasteiger partial charge in [-0.2, -0.15) is 0 Å². The first-order valence-corrected chi connectivity index (χ1v) is 11.0. The zero-order chi connectivity index (χ0) is 21.3. The van der Waals surface area contributed by atoms with E-state index in [0.717, 1.165) is 37.2 Å². The van der Waals surface area contributed by atoms with Gasteiger partial charge in [-0.15, -0.1) is 0 Å². The van der Waals surface area contributed by atoms with Gasteiger partial charge < -0.3 is 5.32 Å². The highest BCUT2D eigenvalue weighted by molar-refractivity contribution is 5.91. The molecule has 2 aromatic rings. The quantitative estimate of drug-likeness (QED) is 0.561. The fourth-order valence-electron chi connectivity index (χ4n) is 4.48. The Morgan fingerprint density at radius 1 is 1.07 bits per heavy atom. The minimum Gasteiger partial charge on any atom is -0.387 e. The van der Waals surface area contributed by atoms with E-state index in [1.54, 1.807) is 0 Å². The summed E-state index contributed by atoms with van der Waals surface area (Å²) in [5.74, 6) is 0. The third-order valence-corrected chi connectivity index (χ3v) is 5.59. The predicted molar refractivity (Wildman–Crippen MR) is 127 cm³/mol. The summed E-state index contributed by atoms with van der Waals surface area (Å²) < 4.78 is 0. The first kappa shape index (κ1) is 22.7. The van der Waals surface area contributed by atoms with Crippen LogP contribution in [0.2, 0.25) is 0 Å². The lowest BCUT2D eigenvalue weighted by molar-refractivity contribution is 0.510. The van der Waals surface area contributed by atoms with E-state index in [4.69, 9.17) is 0 Å². The molecule has 1 atom stereocenters. The average molecular weight is 389 g/mol. The Morgan fingerprint density at radius 2 is 1.79 bits per heavy atom. The normalized spacial score (nSPS) is 20.2. The van der Waals surface area contributed by atoms with Gasteiger partial charge in [0.25, 0.3) is 0 Å². The molecule has 29 heavy (non-hydrogen) atoms. The van der Waals surface area contributed by atoms with Gasteiger partial charge in [-0.1, -0.05) is 76.3 Å². The minimum absolute atomic E-state index is 0.161. The molecule has 0 amide bonds. The summed E-state index contributed by atoms with van der Waals surface area (Å²) in [6, 6.07) is 14.9. The summed E-state index contributed by atoms with van der Waals surface area (Å²) in [6.45, 7) is 15.9. The summed E-state index contributed by atoms with van der Waals surface area (Å²) in [7, 11) is 0. The highest BCUT2D eigenvalue weighted by Crippen LogP contribution is 2.55. The van der Waals surface area contributed by atoms with Gasteiger partial charge in [0.05, 0.1) is 5.41 Å². The maximum absolute atomic E-state index is 4.52. The van der Waals surface area contributed by atoms with Gasteiger partial charge >= 0.3 is 0 Å². The van der Waals surface area contributed by atoms with Crippen molar-refractivity contribution in [2.75, 3.05) is 6.54 Å². The maximum atomic E-state index is 4.52. The van der Waals surface area contributed by atoms with Crippen molar-refractivity contribution in [2.45, 2.75) is 59.3 Å². The number of pyridine rings is 1. The Bertz CT molecular complexity index is 861. The fourth-order valence-corrected chi connectivity index (χ4v) is 4.48. The van der Waals surface area contributed by atoms with Crippen molar-refractivity contribution in [3.8, 4) is 0 Å². The summed E-state index contributed by atoms with van der Waals surface area (Å²) in [5, 5.41) is 3.65. The van der Waals surface area contributed by atoms with Gasteiger partial charge in [0.1, 0.15) is 0 Å². The summed E-state index contributed by atoms with van der Waals surface area (Å²) in [6.07, 6.45) is 9.42. The SMILES string of the molecule is C=C(NCCc1ccccn1)C1(CCC)C(=C/C)/C(=C\C)c2ccccc21.CC. The van der Waals surface area contributed by atoms with E-state index in [2.05, 4.69) is 80.1 Å². The highest BCUT2D eigenvalue weighted by Gasteiger charge is 2.46. The van der Waals surface area contributed by atoms with Crippen molar-refractivity contribution in [1.29, 1.82) is 0 Å². The number of hydrogen-bond acceptors (Lipinski definition) is 2. The van der Waals surface area contributed by atoms with Crippen LogP contribution < -0.4 is 5.32 Å². The molecule has 0 aliphatic heterocycles. The van der Waals surface area contributed by atoms with Crippen molar-refractivity contribution in [2.24, 2.45) is 0 Å². The Kier molecular flexibility index (Phi) is 8.45. The third kappa shape index (κ3) is 4.37. The number of nitrogens with one attached hydrogen (secondary N) is 1.